The predicted octanol–water partition coefficient (Wildman–Crippen LogP) is 1.87. The molecule has 0 spiro atoms. The molecule has 0 bridgehead atoms. The first kappa shape index (κ1) is 24.1. The lowest BCUT2D eigenvalue weighted by Crippen LogP contribution is -3.00. The number of benzene rings is 2. The molecule has 0 radical (unpaired) electrons. The smallest absolute Gasteiger partial charge is 0.256 e. The van der Waals surface area contributed by atoms with E-state index in [0.717, 1.165) is 49.4 Å². The quantitative estimate of drug-likeness (QED) is 0.562. The van der Waals surface area contributed by atoms with Gasteiger partial charge in [0.1, 0.15) is 11.5 Å². The fourth-order valence-corrected chi connectivity index (χ4v) is 4.44. The van der Waals surface area contributed by atoms with Crippen molar-refractivity contribution in [1.82, 2.24) is 9.80 Å². The third-order valence-electron chi connectivity index (χ3n) is 6.08. The Hall–Kier alpha value is -3.06. The summed E-state index contributed by atoms with van der Waals surface area (Å²) in [5.74, 6) is 1.03. The number of furan rings is 1. The van der Waals surface area contributed by atoms with Gasteiger partial charge in [0.15, 0.2) is 0 Å². The lowest BCUT2D eigenvalue weighted by Gasteiger charge is -2.20. The van der Waals surface area contributed by atoms with Gasteiger partial charge in [0.25, 0.3) is 11.8 Å². The molecule has 2 amide bonds. The van der Waals surface area contributed by atoms with Crippen molar-refractivity contribution >= 4 is 40.8 Å². The summed E-state index contributed by atoms with van der Waals surface area (Å²) in [5, 5.41) is 3.40. The average molecular weight is 497 g/mol. The normalized spacial score (nSPS) is 17.2. The molecule has 8 heteroatoms. The standard InChI is InChI=1S/C26H24ClN3O3.ClH/c1-29-10-3-11-30(13-12-29)26(32)18-5-2-4-17(14-18)24-9-7-20(33-24)16-22-21-15-19(27)6-8-23(21)28-25(22)31;/h2,4-9,14-16H,3,10-13H2,1H3,(H,28,31);1H/p-1. The van der Waals surface area contributed by atoms with Crippen LogP contribution in [0.4, 0.5) is 5.69 Å². The molecule has 5 rings (SSSR count). The Kier molecular flexibility index (Phi) is 7.12. The molecule has 6 nitrogen and oxygen atoms in total. The van der Waals surface area contributed by atoms with Gasteiger partial charge in [-0.1, -0.05) is 23.7 Å². The molecule has 0 unspecified atom stereocenters. The topological polar surface area (TPSA) is 65.8 Å². The number of rotatable bonds is 3. The third kappa shape index (κ3) is 4.89. The molecule has 1 aromatic heterocycles. The predicted molar refractivity (Wildman–Crippen MR) is 130 cm³/mol. The molecule has 3 heterocycles. The first-order valence-electron chi connectivity index (χ1n) is 11.0. The largest absolute Gasteiger partial charge is 1.00 e. The summed E-state index contributed by atoms with van der Waals surface area (Å²) in [6.07, 6.45) is 2.68. The minimum Gasteiger partial charge on any atom is -1.00 e. The molecule has 3 aromatic rings. The number of hydrogen-bond donors (Lipinski definition) is 1. The number of carbonyl (C=O) groups is 2. The van der Waals surface area contributed by atoms with Gasteiger partial charge < -0.3 is 31.9 Å². The van der Waals surface area contributed by atoms with E-state index >= 15 is 0 Å². The van der Waals surface area contributed by atoms with Crippen LogP contribution in [0.25, 0.3) is 23.0 Å². The van der Waals surface area contributed by atoms with E-state index in [9.17, 15) is 9.59 Å². The second-order valence-corrected chi connectivity index (χ2v) is 8.87. The number of halogens is 2. The second-order valence-electron chi connectivity index (χ2n) is 8.43. The van der Waals surface area contributed by atoms with Crippen LogP contribution >= 0.6 is 11.6 Å². The van der Waals surface area contributed by atoms with Crippen molar-refractivity contribution in [1.29, 1.82) is 0 Å². The van der Waals surface area contributed by atoms with Crippen LogP contribution in [0.5, 0.6) is 0 Å². The second kappa shape index (κ2) is 10.1. The average Bonchev–Trinajstić information content (AvgIpc) is 3.33. The van der Waals surface area contributed by atoms with Crippen LogP contribution in [0.1, 0.15) is 28.1 Å². The van der Waals surface area contributed by atoms with Gasteiger partial charge in [-0.05, 0) is 68.6 Å². The Morgan fingerprint density at radius 2 is 1.91 bits per heavy atom. The van der Waals surface area contributed by atoms with E-state index in [2.05, 4.69) is 17.3 Å². The highest BCUT2D eigenvalue weighted by Gasteiger charge is 2.25. The van der Waals surface area contributed by atoms with E-state index < -0.39 is 0 Å². The minimum atomic E-state index is -0.194. The van der Waals surface area contributed by atoms with E-state index in [0.29, 0.717) is 27.7 Å². The minimum absolute atomic E-state index is 0. The van der Waals surface area contributed by atoms with Gasteiger partial charge in [-0.15, -0.1) is 0 Å². The fourth-order valence-electron chi connectivity index (χ4n) is 4.27. The van der Waals surface area contributed by atoms with Gasteiger partial charge >= 0.3 is 0 Å². The summed E-state index contributed by atoms with van der Waals surface area (Å²) in [7, 11) is 2.08. The number of amides is 2. The molecular weight excluding hydrogens is 473 g/mol. The molecule has 1 saturated heterocycles. The number of nitrogens with one attached hydrogen (secondary N) is 1. The lowest BCUT2D eigenvalue weighted by molar-refractivity contribution is -0.110. The number of nitrogens with zero attached hydrogens (tertiary/aromatic N) is 2. The summed E-state index contributed by atoms with van der Waals surface area (Å²) in [4.78, 5) is 29.7. The summed E-state index contributed by atoms with van der Waals surface area (Å²) in [5.41, 5.74) is 3.45. The van der Waals surface area contributed by atoms with Crippen LogP contribution in [0.15, 0.2) is 59.0 Å². The van der Waals surface area contributed by atoms with E-state index in [4.69, 9.17) is 16.0 Å². The van der Waals surface area contributed by atoms with Gasteiger partial charge in [-0.2, -0.15) is 0 Å². The maximum absolute atomic E-state index is 13.1. The molecule has 1 N–H and O–H groups in total. The van der Waals surface area contributed by atoms with Crippen molar-refractivity contribution in [2.75, 3.05) is 38.5 Å². The first-order chi connectivity index (χ1) is 16.0. The highest BCUT2D eigenvalue weighted by atomic mass is 35.5. The fraction of sp³-hybridized carbons (Fsp3) is 0.231. The molecule has 1 fully saturated rings. The highest BCUT2D eigenvalue weighted by Crippen LogP contribution is 2.35. The summed E-state index contributed by atoms with van der Waals surface area (Å²) in [6, 6.07) is 16.5. The molecule has 0 aliphatic carbocycles. The lowest BCUT2D eigenvalue weighted by atomic mass is 10.1. The number of likely N-dealkylation sites (N-methyl/N-ethyl adjacent to an activating group) is 1. The van der Waals surface area contributed by atoms with Gasteiger partial charge in [0.2, 0.25) is 0 Å². The van der Waals surface area contributed by atoms with Crippen LogP contribution in [0.2, 0.25) is 5.02 Å². The zero-order valence-electron chi connectivity index (χ0n) is 18.7. The molecular formula is C26H24Cl2N3O3-. The van der Waals surface area contributed by atoms with E-state index in [1.807, 2.05) is 41.3 Å². The Bertz CT molecular complexity index is 1270. The van der Waals surface area contributed by atoms with Crippen molar-refractivity contribution in [3.63, 3.8) is 0 Å². The molecule has 2 aromatic carbocycles. The Morgan fingerprint density at radius 3 is 2.76 bits per heavy atom. The molecule has 34 heavy (non-hydrogen) atoms. The summed E-state index contributed by atoms with van der Waals surface area (Å²) < 4.78 is 6.02. The van der Waals surface area contributed by atoms with Crippen molar-refractivity contribution < 1.29 is 26.4 Å². The zero-order chi connectivity index (χ0) is 22.9. The summed E-state index contributed by atoms with van der Waals surface area (Å²) >= 11 is 6.11. The van der Waals surface area contributed by atoms with Crippen molar-refractivity contribution in [2.24, 2.45) is 0 Å². The Morgan fingerprint density at radius 1 is 1.06 bits per heavy atom. The number of carbonyl (C=O) groups excluding carboxylic acids is 2. The maximum Gasteiger partial charge on any atom is 0.256 e. The van der Waals surface area contributed by atoms with Crippen LogP contribution in [0.3, 0.4) is 0 Å². The monoisotopic (exact) mass is 496 g/mol. The number of hydrogen-bond acceptors (Lipinski definition) is 4. The van der Waals surface area contributed by atoms with Crippen molar-refractivity contribution in [2.45, 2.75) is 6.42 Å². The molecule has 2 aliphatic heterocycles. The van der Waals surface area contributed by atoms with Crippen molar-refractivity contribution in [3.05, 3.63) is 76.5 Å². The number of fused-ring (bicyclic) bond motifs is 1. The summed E-state index contributed by atoms with van der Waals surface area (Å²) in [6.45, 7) is 3.37. The van der Waals surface area contributed by atoms with Gasteiger partial charge in [0.05, 0.1) is 5.57 Å². The van der Waals surface area contributed by atoms with Gasteiger partial charge in [-0.3, -0.25) is 9.59 Å². The van der Waals surface area contributed by atoms with Gasteiger partial charge in [0, 0.05) is 47.0 Å². The Balaban J connectivity index is 0.00000274. The van der Waals surface area contributed by atoms with E-state index in [1.54, 1.807) is 24.3 Å². The van der Waals surface area contributed by atoms with Crippen LogP contribution < -0.4 is 17.7 Å². The molecule has 0 atom stereocenters. The maximum atomic E-state index is 13.1. The first-order valence-corrected chi connectivity index (χ1v) is 11.4. The molecule has 176 valence electrons. The number of anilines is 1. The Labute approximate surface area is 209 Å². The van der Waals surface area contributed by atoms with Crippen LogP contribution in [-0.2, 0) is 4.79 Å². The SMILES string of the molecule is CN1CCCN(C(=O)c2cccc(-c3ccc(C=C4C(=O)Nc5ccc(Cl)cc54)o3)c2)CC1.[Cl-]. The van der Waals surface area contributed by atoms with Crippen LogP contribution in [0, 0.1) is 0 Å². The molecule has 2 aliphatic rings. The highest BCUT2D eigenvalue weighted by molar-refractivity contribution is 6.36. The van der Waals surface area contributed by atoms with E-state index in [-0.39, 0.29) is 24.2 Å². The third-order valence-corrected chi connectivity index (χ3v) is 6.31. The zero-order valence-corrected chi connectivity index (χ0v) is 20.2. The van der Waals surface area contributed by atoms with Gasteiger partial charge in [-0.25, -0.2) is 0 Å². The van der Waals surface area contributed by atoms with Crippen LogP contribution in [-0.4, -0.2) is 54.8 Å². The van der Waals surface area contributed by atoms with Crippen molar-refractivity contribution in [3.8, 4) is 11.3 Å². The van der Waals surface area contributed by atoms with E-state index in [1.165, 1.54) is 0 Å². The molecule has 0 saturated carbocycles.